The molecule has 0 unspecified atom stereocenters. The third-order valence-electron chi connectivity index (χ3n) is 3.68. The Hall–Kier alpha value is -2.09. The van der Waals surface area contributed by atoms with Crippen molar-refractivity contribution in [2.75, 3.05) is 25.4 Å². The first kappa shape index (κ1) is 13.9. The number of nitrogens with two attached hydrogens (primary N) is 1. The van der Waals surface area contributed by atoms with Crippen LogP contribution >= 0.6 is 11.3 Å². The van der Waals surface area contributed by atoms with Crippen LogP contribution in [0.3, 0.4) is 0 Å². The molecule has 1 saturated heterocycles. The molecule has 0 atom stereocenters. The third kappa shape index (κ3) is 2.25. The zero-order valence-electron chi connectivity index (χ0n) is 12.0. The zero-order valence-corrected chi connectivity index (χ0v) is 12.8. The quantitative estimate of drug-likeness (QED) is 0.801. The molecule has 21 heavy (non-hydrogen) atoms. The summed E-state index contributed by atoms with van der Waals surface area (Å²) < 4.78 is 1.75. The van der Waals surface area contributed by atoms with Crippen molar-refractivity contribution in [1.29, 1.82) is 0 Å². The molecule has 112 valence electrons. The van der Waals surface area contributed by atoms with Crippen molar-refractivity contribution >= 4 is 39.1 Å². The number of nitrogens with one attached hydrogen (secondary N) is 1. The smallest absolute Gasteiger partial charge is 0.266 e. The molecule has 3 heterocycles. The van der Waals surface area contributed by atoms with Crippen molar-refractivity contribution in [3.8, 4) is 0 Å². The summed E-state index contributed by atoms with van der Waals surface area (Å²) in [5.41, 5.74) is 7.48. The maximum Gasteiger partial charge on any atom is 0.266 e. The summed E-state index contributed by atoms with van der Waals surface area (Å²) in [6.07, 6.45) is 0.330. The van der Waals surface area contributed by atoms with Gasteiger partial charge in [0, 0.05) is 33.1 Å². The van der Waals surface area contributed by atoms with Gasteiger partial charge in [0.2, 0.25) is 5.91 Å². The molecule has 2 aromatic heterocycles. The number of nitrogens with zero attached hydrogens (tertiary/aromatic N) is 3. The van der Waals surface area contributed by atoms with Crippen molar-refractivity contribution in [2.45, 2.75) is 13.3 Å². The molecule has 0 aliphatic carbocycles. The fraction of sp³-hybridized carbons (Fsp3) is 0.462. The number of rotatable bonds is 1. The molecule has 2 aromatic rings. The van der Waals surface area contributed by atoms with Crippen LogP contribution in [-0.2, 0) is 11.8 Å². The minimum absolute atomic E-state index is 0.0188. The number of nitrogen functional groups attached to an aromatic ring is 1. The number of anilines is 1. The maximum atomic E-state index is 12.7. The van der Waals surface area contributed by atoms with E-state index >= 15 is 0 Å². The molecule has 2 amide bonds. The first-order valence-corrected chi connectivity index (χ1v) is 7.58. The van der Waals surface area contributed by atoms with Crippen LogP contribution in [0.4, 0.5) is 5.69 Å². The molecule has 1 fully saturated rings. The largest absolute Gasteiger partial charge is 0.397 e. The Bertz CT molecular complexity index is 733. The molecule has 3 N–H and O–H groups in total. The summed E-state index contributed by atoms with van der Waals surface area (Å²) in [6.45, 7) is 3.30. The van der Waals surface area contributed by atoms with Gasteiger partial charge in [-0.1, -0.05) is 0 Å². The van der Waals surface area contributed by atoms with Crippen LogP contribution < -0.4 is 11.1 Å². The Morgan fingerprint density at radius 3 is 2.90 bits per heavy atom. The van der Waals surface area contributed by atoms with E-state index < -0.39 is 0 Å². The first-order chi connectivity index (χ1) is 9.99. The highest BCUT2D eigenvalue weighted by atomic mass is 32.1. The third-order valence-corrected chi connectivity index (χ3v) is 4.94. The van der Waals surface area contributed by atoms with Gasteiger partial charge >= 0.3 is 0 Å². The highest BCUT2D eigenvalue weighted by Gasteiger charge is 2.26. The number of aryl methyl sites for hydroxylation is 2. The van der Waals surface area contributed by atoms with E-state index in [9.17, 15) is 9.59 Å². The Kier molecular flexibility index (Phi) is 3.32. The van der Waals surface area contributed by atoms with Gasteiger partial charge in [-0.25, -0.2) is 0 Å². The maximum absolute atomic E-state index is 12.7. The summed E-state index contributed by atoms with van der Waals surface area (Å²) in [5, 5.41) is 7.93. The van der Waals surface area contributed by atoms with E-state index in [1.54, 1.807) is 9.58 Å². The van der Waals surface area contributed by atoms with Crippen LogP contribution in [-0.4, -0.2) is 46.1 Å². The van der Waals surface area contributed by atoms with Crippen LogP contribution in [0, 0.1) is 6.92 Å². The standard InChI is InChI=1S/C13H17N5O2S/c1-7-9-10(14)11(21-13(9)17(2)16-7)12(20)18-5-3-8(19)15-4-6-18/h3-6,14H2,1-2H3,(H,15,19). The lowest BCUT2D eigenvalue weighted by atomic mass is 10.2. The second-order valence-electron chi connectivity index (χ2n) is 5.13. The van der Waals surface area contributed by atoms with Crippen LogP contribution in [0.5, 0.6) is 0 Å². The van der Waals surface area contributed by atoms with E-state index in [4.69, 9.17) is 5.73 Å². The Balaban J connectivity index is 1.96. The average Bonchev–Trinajstić information content (AvgIpc) is 2.82. The highest BCUT2D eigenvalue weighted by molar-refractivity contribution is 7.21. The Morgan fingerprint density at radius 2 is 2.19 bits per heavy atom. The number of carbonyl (C=O) groups is 2. The van der Waals surface area contributed by atoms with Gasteiger partial charge in [-0.2, -0.15) is 5.10 Å². The molecule has 8 heteroatoms. The van der Waals surface area contributed by atoms with Crippen molar-refractivity contribution in [3.05, 3.63) is 10.6 Å². The number of aromatic nitrogens is 2. The number of thiophene rings is 1. The summed E-state index contributed by atoms with van der Waals surface area (Å²) in [6, 6.07) is 0. The first-order valence-electron chi connectivity index (χ1n) is 6.76. The fourth-order valence-corrected chi connectivity index (χ4v) is 3.76. The summed E-state index contributed by atoms with van der Waals surface area (Å²) in [7, 11) is 1.84. The SMILES string of the molecule is Cc1nn(C)c2sc(C(=O)N3CCNC(=O)CC3)c(N)c12. The van der Waals surface area contributed by atoms with E-state index in [0.29, 0.717) is 36.6 Å². The molecule has 0 saturated carbocycles. The molecule has 7 nitrogen and oxygen atoms in total. The summed E-state index contributed by atoms with van der Waals surface area (Å²) in [4.78, 5) is 27.1. The second-order valence-corrected chi connectivity index (χ2v) is 6.13. The fourth-order valence-electron chi connectivity index (χ4n) is 2.60. The van der Waals surface area contributed by atoms with E-state index in [0.717, 1.165) is 15.9 Å². The van der Waals surface area contributed by atoms with Crippen molar-refractivity contribution in [2.24, 2.45) is 7.05 Å². The Morgan fingerprint density at radius 1 is 1.43 bits per heavy atom. The van der Waals surface area contributed by atoms with Crippen LogP contribution in [0.2, 0.25) is 0 Å². The van der Waals surface area contributed by atoms with Crippen LogP contribution in [0.1, 0.15) is 21.8 Å². The Labute approximate surface area is 125 Å². The van der Waals surface area contributed by atoms with Gasteiger partial charge in [0.15, 0.2) is 0 Å². The lowest BCUT2D eigenvalue weighted by Crippen LogP contribution is -2.34. The molecule has 0 spiro atoms. The zero-order chi connectivity index (χ0) is 15.1. The summed E-state index contributed by atoms with van der Waals surface area (Å²) in [5.74, 6) is -0.126. The predicted molar refractivity (Wildman–Crippen MR) is 81.3 cm³/mol. The lowest BCUT2D eigenvalue weighted by molar-refractivity contribution is -0.120. The normalized spacial score (nSPS) is 16.1. The van der Waals surface area contributed by atoms with E-state index in [2.05, 4.69) is 10.4 Å². The van der Waals surface area contributed by atoms with Crippen molar-refractivity contribution in [3.63, 3.8) is 0 Å². The van der Waals surface area contributed by atoms with E-state index in [-0.39, 0.29) is 11.8 Å². The monoisotopic (exact) mass is 307 g/mol. The predicted octanol–water partition coefficient (Wildman–Crippen LogP) is 0.488. The van der Waals surface area contributed by atoms with Gasteiger partial charge in [-0.05, 0) is 6.92 Å². The minimum Gasteiger partial charge on any atom is -0.397 e. The van der Waals surface area contributed by atoms with Gasteiger partial charge in [0.05, 0.1) is 16.8 Å². The molecule has 0 bridgehead atoms. The van der Waals surface area contributed by atoms with Crippen LogP contribution in [0.15, 0.2) is 0 Å². The minimum atomic E-state index is -0.107. The molecule has 0 aromatic carbocycles. The van der Waals surface area contributed by atoms with Crippen molar-refractivity contribution in [1.82, 2.24) is 20.0 Å². The number of hydrogen-bond donors (Lipinski definition) is 2. The number of fused-ring (bicyclic) bond motifs is 1. The number of carbonyl (C=O) groups excluding carboxylic acids is 2. The molecule has 1 aliphatic rings. The number of amides is 2. The van der Waals surface area contributed by atoms with Crippen LogP contribution in [0.25, 0.3) is 10.2 Å². The van der Waals surface area contributed by atoms with Gasteiger partial charge in [0.25, 0.3) is 5.91 Å². The molecule has 1 aliphatic heterocycles. The van der Waals surface area contributed by atoms with Gasteiger partial charge < -0.3 is 16.0 Å². The van der Waals surface area contributed by atoms with E-state index in [1.165, 1.54) is 11.3 Å². The molecule has 0 radical (unpaired) electrons. The van der Waals surface area contributed by atoms with E-state index in [1.807, 2.05) is 14.0 Å². The lowest BCUT2D eigenvalue weighted by Gasteiger charge is -2.18. The van der Waals surface area contributed by atoms with Crippen molar-refractivity contribution < 1.29 is 9.59 Å². The molecular weight excluding hydrogens is 290 g/mol. The summed E-state index contributed by atoms with van der Waals surface area (Å²) >= 11 is 1.36. The number of hydrogen-bond acceptors (Lipinski definition) is 5. The second kappa shape index (κ2) is 5.03. The topological polar surface area (TPSA) is 93.2 Å². The average molecular weight is 307 g/mol. The molecule has 3 rings (SSSR count). The highest BCUT2D eigenvalue weighted by Crippen LogP contribution is 2.36. The van der Waals surface area contributed by atoms with Gasteiger partial charge in [-0.15, -0.1) is 11.3 Å². The van der Waals surface area contributed by atoms with Gasteiger partial charge in [-0.3, -0.25) is 14.3 Å². The van der Waals surface area contributed by atoms with Gasteiger partial charge in [0.1, 0.15) is 9.71 Å². The molecular formula is C13H17N5O2S.